The summed E-state index contributed by atoms with van der Waals surface area (Å²) in [6, 6.07) is -0.0929. The topological polar surface area (TPSA) is 46.3 Å². The van der Waals surface area contributed by atoms with E-state index in [1.807, 2.05) is 13.8 Å². The van der Waals surface area contributed by atoms with E-state index in [0.29, 0.717) is 13.0 Å². The van der Waals surface area contributed by atoms with Crippen LogP contribution in [0.3, 0.4) is 0 Å². The van der Waals surface area contributed by atoms with Gasteiger partial charge in [0.05, 0.1) is 6.54 Å². The minimum Gasteiger partial charge on any atom is -0.332 e. The minimum atomic E-state index is -0.0929. The highest BCUT2D eigenvalue weighted by atomic mass is 16.2. The quantitative estimate of drug-likeness (QED) is 0.633. The van der Waals surface area contributed by atoms with Gasteiger partial charge >= 0.3 is 0 Å². The molecule has 0 saturated heterocycles. The fourth-order valence-corrected chi connectivity index (χ4v) is 1.08. The van der Waals surface area contributed by atoms with Gasteiger partial charge in [-0.3, -0.25) is 4.79 Å². The Kier molecular flexibility index (Phi) is 5.99. The number of amides is 1. The first kappa shape index (κ1) is 12.0. The predicted molar refractivity (Wildman–Crippen MR) is 54.0 cm³/mol. The summed E-state index contributed by atoms with van der Waals surface area (Å²) in [7, 11) is 0. The second kappa shape index (κ2) is 6.50. The second-order valence-corrected chi connectivity index (χ2v) is 3.20. The molecule has 0 bridgehead atoms. The molecule has 0 saturated carbocycles. The standard InChI is InChI=1S/C10H18N2O/c1-4-6-12(7-5-2)10(13)8-9(3)11/h1,9H,5-8,11H2,2-3H3. The predicted octanol–water partition coefficient (Wildman–Crippen LogP) is 0.596. The maximum atomic E-state index is 11.5. The Labute approximate surface area is 80.3 Å². The smallest absolute Gasteiger partial charge is 0.224 e. The Balaban J connectivity index is 4.04. The zero-order valence-corrected chi connectivity index (χ0v) is 8.42. The van der Waals surface area contributed by atoms with Crippen molar-refractivity contribution >= 4 is 5.91 Å². The number of rotatable bonds is 5. The Hall–Kier alpha value is -1.01. The maximum Gasteiger partial charge on any atom is 0.224 e. The molecule has 0 fully saturated rings. The van der Waals surface area contributed by atoms with Crippen molar-refractivity contribution in [3.63, 3.8) is 0 Å². The van der Waals surface area contributed by atoms with E-state index < -0.39 is 0 Å². The number of carbonyl (C=O) groups excluding carboxylic acids is 1. The maximum absolute atomic E-state index is 11.5. The summed E-state index contributed by atoms with van der Waals surface area (Å²) in [5.74, 6) is 2.52. The van der Waals surface area contributed by atoms with Gasteiger partial charge in [0.1, 0.15) is 0 Å². The van der Waals surface area contributed by atoms with E-state index in [-0.39, 0.29) is 11.9 Å². The highest BCUT2D eigenvalue weighted by molar-refractivity contribution is 5.77. The summed E-state index contributed by atoms with van der Waals surface area (Å²) in [5, 5.41) is 0. The van der Waals surface area contributed by atoms with Crippen molar-refractivity contribution < 1.29 is 4.79 Å². The molecule has 0 rings (SSSR count). The lowest BCUT2D eigenvalue weighted by atomic mass is 10.2. The Morgan fingerprint density at radius 3 is 2.69 bits per heavy atom. The molecule has 0 aromatic heterocycles. The van der Waals surface area contributed by atoms with Crippen molar-refractivity contribution in [2.75, 3.05) is 13.1 Å². The van der Waals surface area contributed by atoms with Gasteiger partial charge in [-0.25, -0.2) is 0 Å². The van der Waals surface area contributed by atoms with E-state index in [4.69, 9.17) is 12.2 Å². The first-order valence-electron chi connectivity index (χ1n) is 4.58. The van der Waals surface area contributed by atoms with Gasteiger partial charge in [0.15, 0.2) is 0 Å². The fourth-order valence-electron chi connectivity index (χ4n) is 1.08. The van der Waals surface area contributed by atoms with Gasteiger partial charge in [0.25, 0.3) is 0 Å². The summed E-state index contributed by atoms with van der Waals surface area (Å²) in [5.41, 5.74) is 5.52. The molecule has 0 aliphatic rings. The molecular weight excluding hydrogens is 164 g/mol. The molecule has 0 aliphatic carbocycles. The van der Waals surface area contributed by atoms with Crippen LogP contribution in [-0.2, 0) is 4.79 Å². The molecule has 13 heavy (non-hydrogen) atoms. The first-order chi connectivity index (χ1) is 6.11. The van der Waals surface area contributed by atoms with Crippen molar-refractivity contribution in [3.05, 3.63) is 0 Å². The molecule has 0 radical (unpaired) electrons. The highest BCUT2D eigenvalue weighted by Crippen LogP contribution is 1.98. The molecule has 1 atom stereocenters. The van der Waals surface area contributed by atoms with E-state index in [2.05, 4.69) is 5.92 Å². The molecule has 2 N–H and O–H groups in total. The van der Waals surface area contributed by atoms with Crippen LogP contribution in [-0.4, -0.2) is 29.9 Å². The van der Waals surface area contributed by atoms with E-state index >= 15 is 0 Å². The molecule has 0 aliphatic heterocycles. The van der Waals surface area contributed by atoms with Crippen molar-refractivity contribution in [2.45, 2.75) is 32.7 Å². The third kappa shape index (κ3) is 5.26. The molecule has 0 aromatic carbocycles. The summed E-state index contributed by atoms with van der Waals surface area (Å²) in [4.78, 5) is 13.2. The zero-order chi connectivity index (χ0) is 10.3. The molecule has 0 aromatic rings. The van der Waals surface area contributed by atoms with Crippen LogP contribution in [0.25, 0.3) is 0 Å². The second-order valence-electron chi connectivity index (χ2n) is 3.20. The minimum absolute atomic E-state index is 0.0507. The Bertz CT molecular complexity index is 194. The van der Waals surface area contributed by atoms with Crippen LogP contribution in [0.15, 0.2) is 0 Å². The number of terminal acetylenes is 1. The molecule has 0 heterocycles. The number of nitrogens with zero attached hydrogens (tertiary/aromatic N) is 1. The van der Waals surface area contributed by atoms with Gasteiger partial charge < -0.3 is 10.6 Å². The molecule has 1 amide bonds. The van der Waals surface area contributed by atoms with E-state index in [1.165, 1.54) is 0 Å². The van der Waals surface area contributed by atoms with Gasteiger partial charge in [-0.05, 0) is 13.3 Å². The van der Waals surface area contributed by atoms with E-state index in [0.717, 1.165) is 13.0 Å². The largest absolute Gasteiger partial charge is 0.332 e. The number of hydrogen-bond acceptors (Lipinski definition) is 2. The average molecular weight is 182 g/mol. The van der Waals surface area contributed by atoms with Crippen LogP contribution in [0.5, 0.6) is 0 Å². The highest BCUT2D eigenvalue weighted by Gasteiger charge is 2.12. The molecule has 0 spiro atoms. The van der Waals surface area contributed by atoms with Gasteiger partial charge in [-0.2, -0.15) is 0 Å². The fraction of sp³-hybridized carbons (Fsp3) is 0.700. The molecule has 3 nitrogen and oxygen atoms in total. The molecule has 1 unspecified atom stereocenters. The van der Waals surface area contributed by atoms with Gasteiger partial charge in [0.2, 0.25) is 5.91 Å². The number of nitrogens with two attached hydrogens (primary N) is 1. The van der Waals surface area contributed by atoms with Crippen LogP contribution in [0.1, 0.15) is 26.7 Å². The lowest BCUT2D eigenvalue weighted by Gasteiger charge is -2.20. The molecule has 74 valence electrons. The third-order valence-electron chi connectivity index (χ3n) is 1.62. The first-order valence-corrected chi connectivity index (χ1v) is 4.58. The lowest BCUT2D eigenvalue weighted by molar-refractivity contribution is -0.130. The van der Waals surface area contributed by atoms with Gasteiger partial charge in [0, 0.05) is 19.0 Å². The number of carbonyl (C=O) groups is 1. The lowest BCUT2D eigenvalue weighted by Crippen LogP contribution is -2.35. The van der Waals surface area contributed by atoms with E-state index in [1.54, 1.807) is 4.90 Å². The normalized spacial score (nSPS) is 11.8. The van der Waals surface area contributed by atoms with Crippen LogP contribution in [0.2, 0.25) is 0 Å². The van der Waals surface area contributed by atoms with Gasteiger partial charge in [-0.1, -0.05) is 12.8 Å². The van der Waals surface area contributed by atoms with Crippen LogP contribution < -0.4 is 5.73 Å². The summed E-state index contributed by atoms with van der Waals surface area (Å²) in [6.07, 6.45) is 6.45. The van der Waals surface area contributed by atoms with Crippen LogP contribution in [0, 0.1) is 12.3 Å². The summed E-state index contributed by atoms with van der Waals surface area (Å²) >= 11 is 0. The van der Waals surface area contributed by atoms with Crippen molar-refractivity contribution in [1.82, 2.24) is 4.90 Å². The monoisotopic (exact) mass is 182 g/mol. The summed E-state index contributed by atoms with van der Waals surface area (Å²) < 4.78 is 0. The molecular formula is C10H18N2O. The van der Waals surface area contributed by atoms with Crippen LogP contribution >= 0.6 is 0 Å². The molecule has 3 heteroatoms. The number of hydrogen-bond donors (Lipinski definition) is 1. The zero-order valence-electron chi connectivity index (χ0n) is 8.42. The Morgan fingerprint density at radius 1 is 1.69 bits per heavy atom. The third-order valence-corrected chi connectivity index (χ3v) is 1.62. The van der Waals surface area contributed by atoms with Crippen molar-refractivity contribution in [1.29, 1.82) is 0 Å². The summed E-state index contributed by atoms with van der Waals surface area (Å²) in [6.45, 7) is 4.94. The van der Waals surface area contributed by atoms with Crippen molar-refractivity contribution in [2.24, 2.45) is 5.73 Å². The Morgan fingerprint density at radius 2 is 2.31 bits per heavy atom. The van der Waals surface area contributed by atoms with Crippen molar-refractivity contribution in [3.8, 4) is 12.3 Å². The van der Waals surface area contributed by atoms with E-state index in [9.17, 15) is 4.79 Å². The SMILES string of the molecule is C#CCN(CCC)C(=O)CC(C)N. The van der Waals surface area contributed by atoms with Gasteiger partial charge in [-0.15, -0.1) is 6.42 Å². The average Bonchev–Trinajstić information content (AvgIpc) is 2.02. The van der Waals surface area contributed by atoms with Crippen LogP contribution in [0.4, 0.5) is 0 Å².